The van der Waals surface area contributed by atoms with Crippen LogP contribution < -0.4 is 9.88 Å². The lowest BCUT2D eigenvalue weighted by molar-refractivity contribution is 0.386. The molecule has 0 aliphatic heterocycles. The van der Waals surface area contributed by atoms with Crippen molar-refractivity contribution in [2.24, 2.45) is 5.14 Å². The van der Waals surface area contributed by atoms with Gasteiger partial charge in [-0.2, -0.15) is 0 Å². The molecular formula is C20H20FNO4S. The smallest absolute Gasteiger partial charge is 0.238 e. The number of ether oxygens (including phenoxy) is 1. The summed E-state index contributed by atoms with van der Waals surface area (Å²) >= 11 is 0. The average Bonchev–Trinajstić information content (AvgIpc) is 3.05. The first kappa shape index (κ1) is 19.1. The van der Waals surface area contributed by atoms with Crippen LogP contribution in [0.25, 0.3) is 22.5 Å². The van der Waals surface area contributed by atoms with Crippen LogP contribution in [0.2, 0.25) is 0 Å². The maximum absolute atomic E-state index is 14.2. The monoisotopic (exact) mass is 389 g/mol. The fourth-order valence-corrected chi connectivity index (χ4v) is 3.70. The molecule has 0 fully saturated rings. The van der Waals surface area contributed by atoms with E-state index in [1.165, 1.54) is 25.3 Å². The van der Waals surface area contributed by atoms with E-state index in [1.54, 1.807) is 30.3 Å². The van der Waals surface area contributed by atoms with Gasteiger partial charge >= 0.3 is 0 Å². The molecule has 2 aromatic carbocycles. The van der Waals surface area contributed by atoms with E-state index in [4.69, 9.17) is 14.3 Å². The number of nitrogens with two attached hydrogens (primary N) is 1. The van der Waals surface area contributed by atoms with E-state index in [0.717, 1.165) is 6.42 Å². The SMILES string of the molecule is CCCc1cc(-c2ccc(OC)c(F)c2)c(-c2ccccc2S(N)(=O)=O)o1. The number of benzene rings is 2. The Kier molecular flexibility index (Phi) is 5.34. The van der Waals surface area contributed by atoms with E-state index in [9.17, 15) is 12.8 Å². The van der Waals surface area contributed by atoms with Crippen molar-refractivity contribution in [3.05, 3.63) is 60.1 Å². The molecule has 3 rings (SSSR count). The number of hydrogen-bond donors (Lipinski definition) is 1. The second-order valence-electron chi connectivity index (χ2n) is 6.10. The summed E-state index contributed by atoms with van der Waals surface area (Å²) < 4.78 is 49.1. The molecule has 27 heavy (non-hydrogen) atoms. The molecule has 0 bridgehead atoms. The minimum absolute atomic E-state index is 0.0439. The number of primary sulfonamides is 1. The maximum Gasteiger partial charge on any atom is 0.238 e. The van der Waals surface area contributed by atoms with E-state index in [0.29, 0.717) is 34.6 Å². The highest BCUT2D eigenvalue weighted by Gasteiger charge is 2.22. The fourth-order valence-electron chi connectivity index (χ4n) is 2.96. The van der Waals surface area contributed by atoms with Crippen LogP contribution in [0.4, 0.5) is 4.39 Å². The average molecular weight is 389 g/mol. The summed E-state index contributed by atoms with van der Waals surface area (Å²) in [6, 6.07) is 12.7. The van der Waals surface area contributed by atoms with Gasteiger partial charge in [0.2, 0.25) is 10.0 Å². The quantitative estimate of drug-likeness (QED) is 0.679. The van der Waals surface area contributed by atoms with Crippen LogP contribution in [0.3, 0.4) is 0 Å². The van der Waals surface area contributed by atoms with Crippen molar-refractivity contribution in [2.45, 2.75) is 24.7 Å². The highest BCUT2D eigenvalue weighted by atomic mass is 32.2. The Labute approximate surface area is 157 Å². The van der Waals surface area contributed by atoms with Gasteiger partial charge in [-0.1, -0.05) is 25.1 Å². The van der Waals surface area contributed by atoms with E-state index in [2.05, 4.69) is 0 Å². The number of sulfonamides is 1. The lowest BCUT2D eigenvalue weighted by atomic mass is 10.0. The Hall–Kier alpha value is -2.64. The molecule has 0 spiro atoms. The molecule has 0 aliphatic carbocycles. The van der Waals surface area contributed by atoms with Gasteiger partial charge in [0, 0.05) is 17.5 Å². The largest absolute Gasteiger partial charge is 0.494 e. The summed E-state index contributed by atoms with van der Waals surface area (Å²) in [5.74, 6) is 0.636. The Bertz CT molecular complexity index is 1070. The highest BCUT2D eigenvalue weighted by Crippen LogP contribution is 2.39. The third kappa shape index (κ3) is 3.89. The topological polar surface area (TPSA) is 82.5 Å². The standard InChI is InChI=1S/C20H20FNO4S/c1-3-6-14-12-16(13-9-10-18(25-2)17(21)11-13)20(26-14)15-7-4-5-8-19(15)27(22,23)24/h4-5,7-12H,3,6H2,1-2H3,(H2,22,23,24). The van der Waals surface area contributed by atoms with E-state index in [-0.39, 0.29) is 10.6 Å². The van der Waals surface area contributed by atoms with E-state index >= 15 is 0 Å². The second kappa shape index (κ2) is 7.54. The van der Waals surface area contributed by atoms with Gasteiger partial charge < -0.3 is 9.15 Å². The van der Waals surface area contributed by atoms with Crippen molar-refractivity contribution in [3.63, 3.8) is 0 Å². The lowest BCUT2D eigenvalue weighted by Gasteiger charge is -2.09. The number of methoxy groups -OCH3 is 1. The first-order valence-corrected chi connectivity index (χ1v) is 9.98. The van der Waals surface area contributed by atoms with Gasteiger partial charge in [0.15, 0.2) is 11.6 Å². The number of furan rings is 1. The van der Waals surface area contributed by atoms with Crippen molar-refractivity contribution in [3.8, 4) is 28.2 Å². The predicted octanol–water partition coefficient (Wildman–Crippen LogP) is 4.36. The minimum atomic E-state index is -3.96. The van der Waals surface area contributed by atoms with Crippen LogP contribution in [0.5, 0.6) is 5.75 Å². The molecule has 7 heteroatoms. The van der Waals surface area contributed by atoms with Crippen LogP contribution in [0, 0.1) is 5.82 Å². The summed E-state index contributed by atoms with van der Waals surface area (Å²) in [4.78, 5) is -0.0439. The molecule has 1 aromatic heterocycles. The maximum atomic E-state index is 14.2. The van der Waals surface area contributed by atoms with Crippen LogP contribution in [0.15, 0.2) is 57.8 Å². The molecule has 0 saturated carbocycles. The Balaban J connectivity index is 2.25. The number of rotatable bonds is 6. The molecule has 142 valence electrons. The third-order valence-corrected chi connectivity index (χ3v) is 5.15. The Morgan fingerprint density at radius 1 is 1.11 bits per heavy atom. The number of halogens is 1. The molecule has 2 N–H and O–H groups in total. The molecular weight excluding hydrogens is 369 g/mol. The van der Waals surface area contributed by atoms with E-state index < -0.39 is 15.8 Å². The summed E-state index contributed by atoms with van der Waals surface area (Å²) in [6.07, 6.45) is 1.52. The summed E-state index contributed by atoms with van der Waals surface area (Å²) in [5, 5.41) is 5.37. The van der Waals surface area contributed by atoms with Crippen molar-refractivity contribution < 1.29 is 22.0 Å². The molecule has 0 unspecified atom stereocenters. The van der Waals surface area contributed by atoms with Crippen LogP contribution >= 0.6 is 0 Å². The van der Waals surface area contributed by atoms with Crippen LogP contribution in [-0.2, 0) is 16.4 Å². The minimum Gasteiger partial charge on any atom is -0.494 e. The molecule has 5 nitrogen and oxygen atoms in total. The van der Waals surface area contributed by atoms with Crippen LogP contribution in [-0.4, -0.2) is 15.5 Å². The Morgan fingerprint density at radius 3 is 2.48 bits per heavy atom. The summed E-state index contributed by atoms with van der Waals surface area (Å²) in [5.41, 5.74) is 1.49. The number of aryl methyl sites for hydroxylation is 1. The van der Waals surface area contributed by atoms with Gasteiger partial charge in [-0.3, -0.25) is 0 Å². The first-order chi connectivity index (χ1) is 12.8. The first-order valence-electron chi connectivity index (χ1n) is 8.44. The molecule has 0 atom stereocenters. The zero-order valence-electron chi connectivity index (χ0n) is 15.0. The van der Waals surface area contributed by atoms with Gasteiger partial charge in [0.25, 0.3) is 0 Å². The van der Waals surface area contributed by atoms with Gasteiger partial charge in [-0.15, -0.1) is 0 Å². The lowest BCUT2D eigenvalue weighted by Crippen LogP contribution is -2.13. The van der Waals surface area contributed by atoms with Crippen LogP contribution in [0.1, 0.15) is 19.1 Å². The molecule has 0 amide bonds. The Morgan fingerprint density at radius 2 is 1.85 bits per heavy atom. The molecule has 0 saturated heterocycles. The van der Waals surface area contributed by atoms with Crippen molar-refractivity contribution in [2.75, 3.05) is 7.11 Å². The van der Waals surface area contributed by atoms with Gasteiger partial charge in [0.05, 0.1) is 12.0 Å². The van der Waals surface area contributed by atoms with Crippen molar-refractivity contribution >= 4 is 10.0 Å². The normalized spacial score (nSPS) is 11.6. The second-order valence-corrected chi connectivity index (χ2v) is 7.63. The summed E-state index contributed by atoms with van der Waals surface area (Å²) in [6.45, 7) is 2.01. The van der Waals surface area contributed by atoms with Gasteiger partial charge in [-0.05, 0) is 42.3 Å². The van der Waals surface area contributed by atoms with Crippen molar-refractivity contribution in [1.82, 2.24) is 0 Å². The van der Waals surface area contributed by atoms with Crippen molar-refractivity contribution in [1.29, 1.82) is 0 Å². The molecule has 0 radical (unpaired) electrons. The highest BCUT2D eigenvalue weighted by molar-refractivity contribution is 7.89. The summed E-state index contributed by atoms with van der Waals surface area (Å²) in [7, 11) is -2.56. The zero-order valence-corrected chi connectivity index (χ0v) is 15.8. The molecule has 1 heterocycles. The van der Waals surface area contributed by atoms with Gasteiger partial charge in [0.1, 0.15) is 11.5 Å². The third-order valence-electron chi connectivity index (χ3n) is 4.18. The zero-order chi connectivity index (χ0) is 19.6. The fraction of sp³-hybridized carbons (Fsp3) is 0.200. The van der Waals surface area contributed by atoms with Gasteiger partial charge in [-0.25, -0.2) is 17.9 Å². The molecule has 0 aliphatic rings. The number of hydrogen-bond acceptors (Lipinski definition) is 4. The predicted molar refractivity (Wildman–Crippen MR) is 101 cm³/mol. The van der Waals surface area contributed by atoms with E-state index in [1.807, 2.05) is 6.92 Å². The molecule has 3 aromatic rings.